The summed E-state index contributed by atoms with van der Waals surface area (Å²) in [7, 11) is 0. The minimum absolute atomic E-state index is 0.402. The Morgan fingerprint density at radius 1 is 1.13 bits per heavy atom. The van der Waals surface area contributed by atoms with Crippen molar-refractivity contribution in [2.45, 2.75) is 0 Å². The van der Waals surface area contributed by atoms with Gasteiger partial charge in [0.25, 0.3) is 0 Å². The molecule has 0 unspecified atom stereocenters. The van der Waals surface area contributed by atoms with Gasteiger partial charge in [-0.3, -0.25) is 0 Å². The first kappa shape index (κ1) is 15.5. The number of halogens is 1. The van der Waals surface area contributed by atoms with Gasteiger partial charge in [0.1, 0.15) is 0 Å². The topological polar surface area (TPSA) is 79.4 Å². The molecule has 2 heterocycles. The van der Waals surface area contributed by atoms with E-state index in [1.165, 1.54) is 0 Å². The fourth-order valence-electron chi connectivity index (χ4n) is 2.16. The number of amides is 2. The maximum absolute atomic E-state index is 12.0. The van der Waals surface area contributed by atoms with Crippen LogP contribution < -0.4 is 15.5 Å². The van der Waals surface area contributed by atoms with Gasteiger partial charge in [0, 0.05) is 13.1 Å². The van der Waals surface area contributed by atoms with Gasteiger partial charge < -0.3 is 20.3 Å². The first-order valence-electron chi connectivity index (χ1n) is 7.19. The Bertz CT molecular complexity index is 674. The molecule has 8 heteroatoms. The van der Waals surface area contributed by atoms with E-state index in [4.69, 9.17) is 16.3 Å². The lowest BCUT2D eigenvalue weighted by atomic mass is 10.3. The second-order valence-corrected chi connectivity index (χ2v) is 5.34. The van der Waals surface area contributed by atoms with Crippen molar-refractivity contribution in [3.63, 3.8) is 0 Å². The van der Waals surface area contributed by atoms with E-state index in [1.807, 2.05) is 4.90 Å². The van der Waals surface area contributed by atoms with Crippen LogP contribution in [0.1, 0.15) is 0 Å². The van der Waals surface area contributed by atoms with Crippen molar-refractivity contribution < 1.29 is 9.53 Å². The Labute approximate surface area is 138 Å². The van der Waals surface area contributed by atoms with Crippen LogP contribution in [0.25, 0.3) is 0 Å². The lowest BCUT2D eigenvalue weighted by molar-refractivity contribution is 0.122. The Kier molecular flexibility index (Phi) is 4.89. The summed E-state index contributed by atoms with van der Waals surface area (Å²) in [6.45, 7) is 2.87. The smallest absolute Gasteiger partial charge is 0.323 e. The van der Waals surface area contributed by atoms with E-state index in [-0.39, 0.29) is 0 Å². The predicted molar refractivity (Wildman–Crippen MR) is 89.2 cm³/mol. The van der Waals surface area contributed by atoms with Crippen LogP contribution in [0.2, 0.25) is 5.02 Å². The second-order valence-electron chi connectivity index (χ2n) is 4.93. The number of hydrogen-bond donors (Lipinski definition) is 2. The minimum atomic E-state index is -0.402. The molecule has 1 aliphatic rings. The highest BCUT2D eigenvalue weighted by molar-refractivity contribution is 6.33. The summed E-state index contributed by atoms with van der Waals surface area (Å²) >= 11 is 6.00. The van der Waals surface area contributed by atoms with Crippen molar-refractivity contribution in [1.82, 2.24) is 9.97 Å². The van der Waals surface area contributed by atoms with E-state index in [0.717, 1.165) is 13.1 Å². The molecular formula is C15H16ClN5O2. The van der Waals surface area contributed by atoms with Crippen molar-refractivity contribution in [3.05, 3.63) is 41.7 Å². The molecule has 1 saturated heterocycles. The molecule has 0 radical (unpaired) electrons. The van der Waals surface area contributed by atoms with Crippen LogP contribution in [0.5, 0.6) is 0 Å². The Morgan fingerprint density at radius 3 is 2.52 bits per heavy atom. The zero-order valence-corrected chi connectivity index (χ0v) is 13.1. The number of carbonyl (C=O) groups is 1. The molecule has 0 spiro atoms. The van der Waals surface area contributed by atoms with Gasteiger partial charge >= 0.3 is 6.03 Å². The maximum Gasteiger partial charge on any atom is 0.323 e. The van der Waals surface area contributed by atoms with Gasteiger partial charge in [-0.15, -0.1) is 0 Å². The van der Waals surface area contributed by atoms with Crippen LogP contribution in [0.15, 0.2) is 36.7 Å². The summed E-state index contributed by atoms with van der Waals surface area (Å²) in [4.78, 5) is 22.5. The molecular weight excluding hydrogens is 318 g/mol. The number of benzene rings is 1. The van der Waals surface area contributed by atoms with Gasteiger partial charge in [-0.25, -0.2) is 14.8 Å². The Hall–Kier alpha value is -2.38. The first-order chi connectivity index (χ1) is 11.2. The van der Waals surface area contributed by atoms with Gasteiger partial charge in [-0.2, -0.15) is 0 Å². The monoisotopic (exact) mass is 333 g/mol. The van der Waals surface area contributed by atoms with Crippen molar-refractivity contribution in [2.75, 3.05) is 41.8 Å². The fraction of sp³-hybridized carbons (Fsp3) is 0.267. The standard InChI is InChI=1S/C15H16ClN5O2/c16-12-3-1-2-4-13(12)20-15(22)19-11-9-17-14(18-10-11)21-5-7-23-8-6-21/h1-4,9-10H,5-8H2,(H2,19,20,22). The van der Waals surface area contributed by atoms with Crippen molar-refractivity contribution in [2.24, 2.45) is 0 Å². The van der Waals surface area contributed by atoms with Crippen molar-refractivity contribution in [3.8, 4) is 0 Å². The Morgan fingerprint density at radius 2 is 1.83 bits per heavy atom. The van der Waals surface area contributed by atoms with E-state index in [2.05, 4.69) is 20.6 Å². The highest BCUT2D eigenvalue weighted by Crippen LogP contribution is 2.20. The maximum atomic E-state index is 12.0. The molecule has 1 aromatic carbocycles. The molecule has 0 aliphatic carbocycles. The quantitative estimate of drug-likeness (QED) is 0.902. The van der Waals surface area contributed by atoms with E-state index >= 15 is 0 Å². The normalized spacial score (nSPS) is 14.4. The van der Waals surface area contributed by atoms with Crippen molar-refractivity contribution in [1.29, 1.82) is 0 Å². The third kappa shape index (κ3) is 4.08. The van der Waals surface area contributed by atoms with Crippen LogP contribution in [0, 0.1) is 0 Å². The number of nitrogens with zero attached hydrogens (tertiary/aromatic N) is 3. The molecule has 0 bridgehead atoms. The van der Waals surface area contributed by atoms with E-state index < -0.39 is 6.03 Å². The largest absolute Gasteiger partial charge is 0.378 e. The number of carbonyl (C=O) groups excluding carboxylic acids is 1. The van der Waals surface area contributed by atoms with Gasteiger partial charge in [-0.1, -0.05) is 23.7 Å². The number of urea groups is 1. The summed E-state index contributed by atoms with van der Waals surface area (Å²) in [5.74, 6) is 0.630. The molecule has 1 fully saturated rings. The number of aromatic nitrogens is 2. The highest BCUT2D eigenvalue weighted by atomic mass is 35.5. The second kappa shape index (κ2) is 7.26. The molecule has 2 N–H and O–H groups in total. The lowest BCUT2D eigenvalue weighted by Gasteiger charge is -2.26. The predicted octanol–water partition coefficient (Wildman–Crippen LogP) is 2.61. The highest BCUT2D eigenvalue weighted by Gasteiger charge is 2.13. The zero-order valence-electron chi connectivity index (χ0n) is 12.3. The number of nitrogens with one attached hydrogen (secondary N) is 2. The average molecular weight is 334 g/mol. The fourth-order valence-corrected chi connectivity index (χ4v) is 2.34. The third-order valence-corrected chi connectivity index (χ3v) is 3.64. The number of morpholine rings is 1. The molecule has 120 valence electrons. The number of ether oxygens (including phenoxy) is 1. The van der Waals surface area contributed by atoms with Gasteiger partial charge in [0.15, 0.2) is 0 Å². The van der Waals surface area contributed by atoms with Crippen LogP contribution in [-0.4, -0.2) is 42.3 Å². The van der Waals surface area contributed by atoms with Gasteiger partial charge in [0.2, 0.25) is 5.95 Å². The minimum Gasteiger partial charge on any atom is -0.378 e. The summed E-state index contributed by atoms with van der Waals surface area (Å²) in [6.07, 6.45) is 3.15. The van der Waals surface area contributed by atoms with Gasteiger partial charge in [-0.05, 0) is 12.1 Å². The van der Waals surface area contributed by atoms with Gasteiger partial charge in [0.05, 0.1) is 42.0 Å². The molecule has 0 atom stereocenters. The van der Waals surface area contributed by atoms with E-state index in [1.54, 1.807) is 36.7 Å². The average Bonchev–Trinajstić information content (AvgIpc) is 2.58. The van der Waals surface area contributed by atoms with Crippen LogP contribution >= 0.6 is 11.6 Å². The zero-order chi connectivity index (χ0) is 16.1. The summed E-state index contributed by atoms with van der Waals surface area (Å²) in [6, 6.07) is 6.61. The van der Waals surface area contributed by atoms with Crippen LogP contribution in [-0.2, 0) is 4.74 Å². The third-order valence-electron chi connectivity index (χ3n) is 3.31. The number of anilines is 3. The lowest BCUT2D eigenvalue weighted by Crippen LogP contribution is -2.37. The summed E-state index contributed by atoms with van der Waals surface area (Å²) in [5, 5.41) is 5.82. The molecule has 7 nitrogen and oxygen atoms in total. The van der Waals surface area contributed by atoms with Crippen molar-refractivity contribution >= 4 is 35.0 Å². The number of hydrogen-bond acceptors (Lipinski definition) is 5. The molecule has 2 amide bonds. The SMILES string of the molecule is O=C(Nc1cnc(N2CCOCC2)nc1)Nc1ccccc1Cl. The molecule has 1 aromatic heterocycles. The molecule has 3 rings (SSSR count). The number of para-hydroxylation sites is 1. The summed E-state index contributed by atoms with van der Waals surface area (Å²) in [5.41, 5.74) is 1.05. The molecule has 1 aliphatic heterocycles. The summed E-state index contributed by atoms with van der Waals surface area (Å²) < 4.78 is 5.29. The van der Waals surface area contributed by atoms with E-state index in [9.17, 15) is 4.79 Å². The van der Waals surface area contributed by atoms with Crippen LogP contribution in [0.4, 0.5) is 22.1 Å². The number of rotatable bonds is 3. The molecule has 0 saturated carbocycles. The molecule has 23 heavy (non-hydrogen) atoms. The first-order valence-corrected chi connectivity index (χ1v) is 7.57. The van der Waals surface area contributed by atoms with E-state index in [0.29, 0.717) is 35.6 Å². The Balaban J connectivity index is 1.59. The van der Waals surface area contributed by atoms with Crippen LogP contribution in [0.3, 0.4) is 0 Å². The molecule has 2 aromatic rings.